The molecule has 6 heteroatoms. The topological polar surface area (TPSA) is 80.5 Å². The van der Waals surface area contributed by atoms with Gasteiger partial charge in [-0.05, 0) is 18.6 Å². The molecule has 0 aromatic carbocycles. The standard InChI is InChI=1S/C11H16N4O2/c12-14-10-8-9(2-3-13-10)11(16)15-4-1-6-17-7-5-15/h2-3,8H,1,4-7,12H2,(H,13,14). The fraction of sp³-hybridized carbons (Fsp3) is 0.455. The van der Waals surface area contributed by atoms with Gasteiger partial charge in [0.25, 0.3) is 5.91 Å². The fourth-order valence-corrected chi connectivity index (χ4v) is 1.77. The van der Waals surface area contributed by atoms with Crippen LogP contribution in [0.3, 0.4) is 0 Å². The van der Waals surface area contributed by atoms with Gasteiger partial charge in [-0.1, -0.05) is 0 Å². The van der Waals surface area contributed by atoms with Crippen LogP contribution in [0.25, 0.3) is 0 Å². The summed E-state index contributed by atoms with van der Waals surface area (Å²) < 4.78 is 5.32. The van der Waals surface area contributed by atoms with Crippen molar-refractivity contribution in [3.63, 3.8) is 0 Å². The highest BCUT2D eigenvalue weighted by atomic mass is 16.5. The summed E-state index contributed by atoms with van der Waals surface area (Å²) in [6, 6.07) is 3.34. The van der Waals surface area contributed by atoms with Crippen molar-refractivity contribution in [2.75, 3.05) is 31.7 Å². The molecule has 1 aliphatic heterocycles. The van der Waals surface area contributed by atoms with Crippen molar-refractivity contribution >= 4 is 11.7 Å². The van der Waals surface area contributed by atoms with Crippen LogP contribution >= 0.6 is 0 Å². The van der Waals surface area contributed by atoms with Crippen LogP contribution in [0, 0.1) is 0 Å². The van der Waals surface area contributed by atoms with Gasteiger partial charge in [0.1, 0.15) is 5.82 Å². The molecule has 0 bridgehead atoms. The molecule has 6 nitrogen and oxygen atoms in total. The lowest BCUT2D eigenvalue weighted by Gasteiger charge is -2.19. The quantitative estimate of drug-likeness (QED) is 0.567. The Bertz CT molecular complexity index is 389. The van der Waals surface area contributed by atoms with E-state index in [-0.39, 0.29) is 5.91 Å². The predicted octanol–water partition coefficient (Wildman–Crippen LogP) is 0.230. The third-order valence-corrected chi connectivity index (χ3v) is 2.66. The molecule has 1 amide bonds. The van der Waals surface area contributed by atoms with Gasteiger partial charge < -0.3 is 15.1 Å². The highest BCUT2D eigenvalue weighted by Gasteiger charge is 2.17. The summed E-state index contributed by atoms with van der Waals surface area (Å²) in [5.41, 5.74) is 3.02. The molecule has 1 aromatic heterocycles. The Morgan fingerprint density at radius 2 is 2.35 bits per heavy atom. The molecular weight excluding hydrogens is 220 g/mol. The van der Waals surface area contributed by atoms with E-state index < -0.39 is 0 Å². The third kappa shape index (κ3) is 2.92. The van der Waals surface area contributed by atoms with E-state index in [1.165, 1.54) is 0 Å². The summed E-state index contributed by atoms with van der Waals surface area (Å²) in [5, 5.41) is 0. The van der Waals surface area contributed by atoms with Crippen LogP contribution in [0.15, 0.2) is 18.3 Å². The number of nitrogens with two attached hydrogens (primary N) is 1. The van der Waals surface area contributed by atoms with E-state index in [1.54, 1.807) is 23.2 Å². The largest absolute Gasteiger partial charge is 0.380 e. The molecule has 1 fully saturated rings. The summed E-state index contributed by atoms with van der Waals surface area (Å²) in [5.74, 6) is 5.75. The number of hydrogen-bond donors (Lipinski definition) is 2. The van der Waals surface area contributed by atoms with E-state index in [4.69, 9.17) is 10.6 Å². The lowest BCUT2D eigenvalue weighted by molar-refractivity contribution is 0.0741. The first-order valence-corrected chi connectivity index (χ1v) is 5.61. The van der Waals surface area contributed by atoms with Gasteiger partial charge in [-0.3, -0.25) is 4.79 Å². The molecular formula is C11H16N4O2. The van der Waals surface area contributed by atoms with Crippen molar-refractivity contribution in [3.8, 4) is 0 Å². The number of hydrogen-bond acceptors (Lipinski definition) is 5. The Balaban J connectivity index is 2.11. The van der Waals surface area contributed by atoms with Gasteiger partial charge in [0.05, 0.1) is 6.61 Å². The number of hydrazine groups is 1. The third-order valence-electron chi connectivity index (χ3n) is 2.66. The highest BCUT2D eigenvalue weighted by Crippen LogP contribution is 2.10. The molecule has 17 heavy (non-hydrogen) atoms. The number of nitrogens with one attached hydrogen (secondary N) is 1. The molecule has 0 radical (unpaired) electrons. The van der Waals surface area contributed by atoms with Crippen LogP contribution in [-0.2, 0) is 4.74 Å². The molecule has 0 spiro atoms. The minimum atomic E-state index is -0.00519. The maximum absolute atomic E-state index is 12.2. The highest BCUT2D eigenvalue weighted by molar-refractivity contribution is 5.94. The van der Waals surface area contributed by atoms with E-state index in [2.05, 4.69) is 10.4 Å². The van der Waals surface area contributed by atoms with Crippen LogP contribution in [-0.4, -0.2) is 42.1 Å². The van der Waals surface area contributed by atoms with E-state index in [9.17, 15) is 4.79 Å². The monoisotopic (exact) mass is 236 g/mol. The average molecular weight is 236 g/mol. The molecule has 0 unspecified atom stereocenters. The first kappa shape index (κ1) is 11.8. The molecule has 3 N–H and O–H groups in total. The van der Waals surface area contributed by atoms with Gasteiger partial charge >= 0.3 is 0 Å². The average Bonchev–Trinajstić information content (AvgIpc) is 2.67. The molecule has 0 saturated carbocycles. The van der Waals surface area contributed by atoms with E-state index in [1.807, 2.05) is 0 Å². The zero-order valence-electron chi connectivity index (χ0n) is 9.56. The molecule has 0 atom stereocenters. The van der Waals surface area contributed by atoms with Crippen LogP contribution < -0.4 is 11.3 Å². The van der Waals surface area contributed by atoms with E-state index in [0.717, 1.165) is 19.6 Å². The lowest BCUT2D eigenvalue weighted by atomic mass is 10.2. The Morgan fingerprint density at radius 3 is 3.18 bits per heavy atom. The fourth-order valence-electron chi connectivity index (χ4n) is 1.77. The maximum atomic E-state index is 12.2. The van der Waals surface area contributed by atoms with Crippen LogP contribution in [0.1, 0.15) is 16.8 Å². The van der Waals surface area contributed by atoms with Crippen LogP contribution in [0.5, 0.6) is 0 Å². The summed E-state index contributed by atoms with van der Waals surface area (Å²) in [6.45, 7) is 2.67. The summed E-state index contributed by atoms with van der Waals surface area (Å²) in [6.07, 6.45) is 2.44. The Hall–Kier alpha value is -1.66. The second-order valence-corrected chi connectivity index (χ2v) is 3.83. The maximum Gasteiger partial charge on any atom is 0.254 e. The number of aromatic nitrogens is 1. The number of carbonyl (C=O) groups is 1. The number of ether oxygens (including phenoxy) is 1. The van der Waals surface area contributed by atoms with Gasteiger partial charge in [-0.25, -0.2) is 10.8 Å². The van der Waals surface area contributed by atoms with Crippen molar-refractivity contribution in [2.45, 2.75) is 6.42 Å². The summed E-state index contributed by atoms with van der Waals surface area (Å²) >= 11 is 0. The van der Waals surface area contributed by atoms with Gasteiger partial charge in [0.2, 0.25) is 0 Å². The molecule has 1 aromatic rings. The van der Waals surface area contributed by atoms with Gasteiger partial charge in [-0.15, -0.1) is 0 Å². The summed E-state index contributed by atoms with van der Waals surface area (Å²) in [7, 11) is 0. The predicted molar refractivity (Wildman–Crippen MR) is 63.4 cm³/mol. The Kier molecular flexibility index (Phi) is 3.89. The SMILES string of the molecule is NNc1cc(C(=O)N2CCCOCC2)ccn1. The second-order valence-electron chi connectivity index (χ2n) is 3.83. The number of nitrogens with zero attached hydrogens (tertiary/aromatic N) is 2. The number of nitrogen functional groups attached to an aromatic ring is 1. The Morgan fingerprint density at radius 1 is 1.47 bits per heavy atom. The Labute approximate surface area is 99.7 Å². The number of anilines is 1. The molecule has 1 aliphatic rings. The lowest BCUT2D eigenvalue weighted by Crippen LogP contribution is -2.33. The van der Waals surface area contributed by atoms with Crippen molar-refractivity contribution in [1.82, 2.24) is 9.88 Å². The zero-order chi connectivity index (χ0) is 12.1. The summed E-state index contributed by atoms with van der Waals surface area (Å²) in [4.78, 5) is 18.0. The van der Waals surface area contributed by atoms with E-state index >= 15 is 0 Å². The molecule has 0 aliphatic carbocycles. The van der Waals surface area contributed by atoms with Gasteiger partial charge in [0, 0.05) is 31.5 Å². The zero-order valence-corrected chi connectivity index (χ0v) is 9.56. The number of carbonyl (C=O) groups excluding carboxylic acids is 1. The van der Waals surface area contributed by atoms with E-state index in [0.29, 0.717) is 24.5 Å². The van der Waals surface area contributed by atoms with Crippen molar-refractivity contribution < 1.29 is 9.53 Å². The first-order valence-electron chi connectivity index (χ1n) is 5.61. The smallest absolute Gasteiger partial charge is 0.254 e. The number of rotatable bonds is 2. The molecule has 1 saturated heterocycles. The molecule has 2 heterocycles. The van der Waals surface area contributed by atoms with Gasteiger partial charge in [-0.2, -0.15) is 0 Å². The molecule has 92 valence electrons. The van der Waals surface area contributed by atoms with Crippen LogP contribution in [0.2, 0.25) is 0 Å². The number of amides is 1. The molecule has 2 rings (SSSR count). The number of pyridine rings is 1. The van der Waals surface area contributed by atoms with Gasteiger partial charge in [0.15, 0.2) is 0 Å². The minimum absolute atomic E-state index is 0.00519. The second kappa shape index (κ2) is 5.60. The normalized spacial score (nSPS) is 16.4. The minimum Gasteiger partial charge on any atom is -0.380 e. The first-order chi connectivity index (χ1) is 8.31. The van der Waals surface area contributed by atoms with Crippen molar-refractivity contribution in [3.05, 3.63) is 23.9 Å². The van der Waals surface area contributed by atoms with Crippen molar-refractivity contribution in [2.24, 2.45) is 5.84 Å². The van der Waals surface area contributed by atoms with Crippen LogP contribution in [0.4, 0.5) is 5.82 Å². The van der Waals surface area contributed by atoms with Crippen molar-refractivity contribution in [1.29, 1.82) is 0 Å².